The molecule has 5 nitrogen and oxygen atoms in total. The molecule has 1 aliphatic rings. The first kappa shape index (κ1) is 19.5. The van der Waals surface area contributed by atoms with Crippen molar-refractivity contribution < 1.29 is 18.4 Å². The molecule has 0 bridgehead atoms. The van der Waals surface area contributed by atoms with Crippen LogP contribution in [-0.4, -0.2) is 42.1 Å². The molecule has 1 N–H and O–H groups in total. The minimum Gasteiger partial charge on any atom is -0.459 e. The molecule has 1 aliphatic heterocycles. The maximum Gasteiger partial charge on any atom is 0.289 e. The molecule has 0 spiro atoms. The molecule has 1 atom stereocenters. The van der Waals surface area contributed by atoms with Crippen LogP contribution in [0, 0.1) is 11.7 Å². The molecule has 2 amide bonds. The minimum atomic E-state index is -0.200. The minimum absolute atomic E-state index is 0.0292. The normalized spacial score (nSPS) is 16.9. The third-order valence-corrected chi connectivity index (χ3v) is 5.58. The number of hydrogen-bond acceptors (Lipinski definition) is 4. The summed E-state index contributed by atoms with van der Waals surface area (Å²) in [5.41, 5.74) is 0.674. The van der Waals surface area contributed by atoms with Crippen molar-refractivity contribution in [3.63, 3.8) is 0 Å². The first-order valence-corrected chi connectivity index (χ1v) is 10.2. The smallest absolute Gasteiger partial charge is 0.289 e. The molecule has 0 saturated carbocycles. The quantitative estimate of drug-likeness (QED) is 0.737. The standard InChI is InChI=1S/C20H23FN2O3S/c21-17-7-2-1-5-16(17)14-27-12-9-22-19(24)15-6-3-10-23(13-15)20(25)18-8-4-11-26-18/h1-2,4-5,7-8,11,15H,3,6,9-10,12-14H2,(H,22,24). The molecule has 1 aromatic carbocycles. The predicted molar refractivity (Wildman–Crippen MR) is 103 cm³/mol. The van der Waals surface area contributed by atoms with E-state index in [2.05, 4.69) is 5.32 Å². The van der Waals surface area contributed by atoms with Crippen LogP contribution >= 0.6 is 11.8 Å². The molecule has 27 heavy (non-hydrogen) atoms. The number of thioether (sulfide) groups is 1. The van der Waals surface area contributed by atoms with Crippen LogP contribution in [0.1, 0.15) is 29.0 Å². The molecule has 3 rings (SSSR count). The van der Waals surface area contributed by atoms with Crippen LogP contribution in [0.25, 0.3) is 0 Å². The van der Waals surface area contributed by atoms with Crippen molar-refractivity contribution in [1.82, 2.24) is 10.2 Å². The van der Waals surface area contributed by atoms with Gasteiger partial charge in [-0.25, -0.2) is 4.39 Å². The van der Waals surface area contributed by atoms with Crippen LogP contribution in [0.4, 0.5) is 4.39 Å². The van der Waals surface area contributed by atoms with Gasteiger partial charge in [0.25, 0.3) is 5.91 Å². The second kappa shape index (κ2) is 9.60. The molecular formula is C20H23FN2O3S. The molecule has 2 aromatic rings. The van der Waals surface area contributed by atoms with Gasteiger partial charge in [0.1, 0.15) is 5.82 Å². The number of halogens is 1. The van der Waals surface area contributed by atoms with Gasteiger partial charge in [-0.05, 0) is 36.6 Å². The van der Waals surface area contributed by atoms with E-state index in [-0.39, 0.29) is 23.5 Å². The SMILES string of the molecule is O=C(NCCSCc1ccccc1F)C1CCCN(C(=O)c2ccco2)C1. The van der Waals surface area contributed by atoms with Crippen molar-refractivity contribution in [1.29, 1.82) is 0 Å². The second-order valence-corrected chi connectivity index (χ2v) is 7.61. The number of carbonyl (C=O) groups is 2. The van der Waals surface area contributed by atoms with Crippen LogP contribution in [0.3, 0.4) is 0 Å². The van der Waals surface area contributed by atoms with Crippen LogP contribution in [-0.2, 0) is 10.5 Å². The van der Waals surface area contributed by atoms with Crippen LogP contribution in [0.15, 0.2) is 47.1 Å². The molecule has 2 heterocycles. The van der Waals surface area contributed by atoms with E-state index in [4.69, 9.17) is 4.42 Å². The summed E-state index contributed by atoms with van der Waals surface area (Å²) in [7, 11) is 0. The highest BCUT2D eigenvalue weighted by molar-refractivity contribution is 7.98. The van der Waals surface area contributed by atoms with E-state index in [1.165, 1.54) is 12.3 Å². The lowest BCUT2D eigenvalue weighted by Crippen LogP contribution is -2.45. The maximum absolute atomic E-state index is 13.6. The highest BCUT2D eigenvalue weighted by atomic mass is 32.2. The Morgan fingerprint density at radius 1 is 1.26 bits per heavy atom. The number of hydrogen-bond donors (Lipinski definition) is 1. The van der Waals surface area contributed by atoms with E-state index in [0.717, 1.165) is 12.8 Å². The lowest BCUT2D eigenvalue weighted by Gasteiger charge is -2.31. The molecule has 1 saturated heterocycles. The number of carbonyl (C=O) groups excluding carboxylic acids is 2. The van der Waals surface area contributed by atoms with Gasteiger partial charge in [0, 0.05) is 31.1 Å². The largest absolute Gasteiger partial charge is 0.459 e. The summed E-state index contributed by atoms with van der Waals surface area (Å²) in [6, 6.07) is 10.0. The molecular weight excluding hydrogens is 367 g/mol. The Morgan fingerprint density at radius 3 is 2.89 bits per heavy atom. The van der Waals surface area contributed by atoms with Gasteiger partial charge in [0.05, 0.1) is 12.2 Å². The van der Waals surface area contributed by atoms with Crippen molar-refractivity contribution in [2.75, 3.05) is 25.4 Å². The molecule has 1 aromatic heterocycles. The zero-order valence-corrected chi connectivity index (χ0v) is 15.8. The van der Waals surface area contributed by atoms with Gasteiger partial charge in [0.15, 0.2) is 5.76 Å². The van der Waals surface area contributed by atoms with Crippen molar-refractivity contribution in [3.05, 3.63) is 59.8 Å². The summed E-state index contributed by atoms with van der Waals surface area (Å²) in [6.07, 6.45) is 3.04. The summed E-state index contributed by atoms with van der Waals surface area (Å²) in [5, 5.41) is 2.93. The Hall–Kier alpha value is -2.28. The number of furan rings is 1. The molecule has 7 heteroatoms. The lowest BCUT2D eigenvalue weighted by atomic mass is 9.97. The zero-order chi connectivity index (χ0) is 19.1. The van der Waals surface area contributed by atoms with E-state index < -0.39 is 0 Å². The Labute approximate surface area is 162 Å². The van der Waals surface area contributed by atoms with Crippen LogP contribution < -0.4 is 5.32 Å². The van der Waals surface area contributed by atoms with Gasteiger partial charge in [0.2, 0.25) is 5.91 Å². The summed E-state index contributed by atoms with van der Waals surface area (Å²) in [4.78, 5) is 26.4. The Morgan fingerprint density at radius 2 is 2.11 bits per heavy atom. The Balaban J connectivity index is 1.39. The van der Waals surface area contributed by atoms with E-state index in [1.54, 1.807) is 40.9 Å². The highest BCUT2D eigenvalue weighted by Gasteiger charge is 2.29. The van der Waals surface area contributed by atoms with Crippen molar-refractivity contribution in [2.45, 2.75) is 18.6 Å². The fourth-order valence-electron chi connectivity index (χ4n) is 3.12. The van der Waals surface area contributed by atoms with E-state index in [1.807, 2.05) is 6.07 Å². The average Bonchev–Trinajstić information content (AvgIpc) is 3.23. The van der Waals surface area contributed by atoms with E-state index >= 15 is 0 Å². The number of benzene rings is 1. The highest BCUT2D eigenvalue weighted by Crippen LogP contribution is 2.19. The monoisotopic (exact) mass is 390 g/mol. The summed E-state index contributed by atoms with van der Waals surface area (Å²) in [5.74, 6) is 1.00. The number of nitrogens with zero attached hydrogens (tertiary/aromatic N) is 1. The fourth-order valence-corrected chi connectivity index (χ4v) is 3.96. The van der Waals surface area contributed by atoms with Crippen molar-refractivity contribution in [3.8, 4) is 0 Å². The number of nitrogens with one attached hydrogen (secondary N) is 1. The number of rotatable bonds is 7. The Bertz CT molecular complexity index is 766. The average molecular weight is 390 g/mol. The fraction of sp³-hybridized carbons (Fsp3) is 0.400. The summed E-state index contributed by atoms with van der Waals surface area (Å²) in [6.45, 7) is 1.58. The summed E-state index contributed by atoms with van der Waals surface area (Å²) < 4.78 is 18.7. The molecule has 144 valence electrons. The number of amides is 2. The van der Waals surface area contributed by atoms with E-state index in [0.29, 0.717) is 42.5 Å². The van der Waals surface area contributed by atoms with E-state index in [9.17, 15) is 14.0 Å². The molecule has 0 radical (unpaired) electrons. The molecule has 1 unspecified atom stereocenters. The van der Waals surface area contributed by atoms with Gasteiger partial charge >= 0.3 is 0 Å². The summed E-state index contributed by atoms with van der Waals surface area (Å²) >= 11 is 1.58. The molecule has 0 aliphatic carbocycles. The third-order valence-electron chi connectivity index (χ3n) is 4.57. The van der Waals surface area contributed by atoms with Gasteiger partial charge in [-0.2, -0.15) is 11.8 Å². The lowest BCUT2D eigenvalue weighted by molar-refractivity contribution is -0.126. The zero-order valence-electron chi connectivity index (χ0n) is 15.0. The first-order chi connectivity index (χ1) is 13.1. The topological polar surface area (TPSA) is 62.6 Å². The van der Waals surface area contributed by atoms with Gasteiger partial charge in [-0.1, -0.05) is 18.2 Å². The van der Waals surface area contributed by atoms with Gasteiger partial charge < -0.3 is 14.6 Å². The first-order valence-electron chi connectivity index (χ1n) is 9.07. The van der Waals surface area contributed by atoms with Crippen molar-refractivity contribution in [2.24, 2.45) is 5.92 Å². The molecule has 1 fully saturated rings. The number of piperidine rings is 1. The van der Waals surface area contributed by atoms with Crippen LogP contribution in [0.2, 0.25) is 0 Å². The third kappa shape index (κ3) is 5.35. The van der Waals surface area contributed by atoms with Crippen molar-refractivity contribution >= 4 is 23.6 Å². The van der Waals surface area contributed by atoms with Gasteiger partial charge in [-0.15, -0.1) is 0 Å². The van der Waals surface area contributed by atoms with Gasteiger partial charge in [-0.3, -0.25) is 9.59 Å². The second-order valence-electron chi connectivity index (χ2n) is 6.50. The van der Waals surface area contributed by atoms with Crippen LogP contribution in [0.5, 0.6) is 0 Å². The Kier molecular flexibility index (Phi) is 6.92. The predicted octanol–water partition coefficient (Wildman–Crippen LogP) is 3.32. The number of likely N-dealkylation sites (tertiary alicyclic amines) is 1. The maximum atomic E-state index is 13.6.